The van der Waals surface area contributed by atoms with E-state index in [1.807, 2.05) is 31.4 Å². The zero-order valence-corrected chi connectivity index (χ0v) is 20.5. The summed E-state index contributed by atoms with van der Waals surface area (Å²) in [5.41, 5.74) is 1.61. The molecule has 33 heavy (non-hydrogen) atoms. The predicted molar refractivity (Wildman–Crippen MR) is 127 cm³/mol. The third-order valence-corrected chi connectivity index (χ3v) is 6.98. The maximum atomic E-state index is 13.2. The van der Waals surface area contributed by atoms with Gasteiger partial charge >= 0.3 is 5.97 Å². The highest BCUT2D eigenvalue weighted by molar-refractivity contribution is 7.10. The molecule has 9 heteroatoms. The zero-order valence-electron chi connectivity index (χ0n) is 19.7. The molecule has 0 radical (unpaired) electrons. The van der Waals surface area contributed by atoms with Gasteiger partial charge in [-0.05, 0) is 50.9 Å². The van der Waals surface area contributed by atoms with Gasteiger partial charge < -0.3 is 24.6 Å². The number of carbonyl (C=O) groups excluding carboxylic acids is 3. The van der Waals surface area contributed by atoms with Gasteiger partial charge in [0.1, 0.15) is 11.5 Å². The smallest absolute Gasteiger partial charge is 0.355 e. The van der Waals surface area contributed by atoms with E-state index in [4.69, 9.17) is 4.74 Å². The number of hydrogen-bond acceptors (Lipinski definition) is 7. The van der Waals surface area contributed by atoms with E-state index >= 15 is 0 Å². The Morgan fingerprint density at radius 3 is 2.52 bits per heavy atom. The van der Waals surface area contributed by atoms with Gasteiger partial charge in [0.15, 0.2) is 0 Å². The molecular formula is C24H31N3O5S. The Bertz CT molecular complexity index is 1070. The number of aromatic amines is 1. The number of rotatable bonds is 9. The molecule has 1 aliphatic rings. The molecule has 0 aliphatic carbocycles. The first-order valence-electron chi connectivity index (χ1n) is 11.2. The Labute approximate surface area is 197 Å². The van der Waals surface area contributed by atoms with Gasteiger partial charge in [-0.3, -0.25) is 9.59 Å². The van der Waals surface area contributed by atoms with Gasteiger partial charge in [0.2, 0.25) is 0 Å². The predicted octanol–water partition coefficient (Wildman–Crippen LogP) is 3.63. The van der Waals surface area contributed by atoms with E-state index in [2.05, 4.69) is 9.88 Å². The fraction of sp³-hybridized carbons (Fsp3) is 0.458. The molecular weight excluding hydrogens is 442 g/mol. The van der Waals surface area contributed by atoms with Gasteiger partial charge in [-0.1, -0.05) is 19.9 Å². The summed E-state index contributed by atoms with van der Waals surface area (Å²) in [5.74, 6) is -2.16. The number of ether oxygens (including phenoxy) is 1. The summed E-state index contributed by atoms with van der Waals surface area (Å²) in [6, 6.07) is 3.04. The number of Topliss-reactive ketones (excluding diaryl/α,β-unsaturated/α-hetero) is 1. The van der Waals surface area contributed by atoms with Gasteiger partial charge in [0, 0.05) is 29.2 Å². The number of aromatic nitrogens is 1. The number of aliphatic hydroxyl groups excluding tert-OH is 1. The molecule has 2 N–H and O–H groups in total. The van der Waals surface area contributed by atoms with Crippen molar-refractivity contribution >= 4 is 34.8 Å². The lowest BCUT2D eigenvalue weighted by molar-refractivity contribution is -0.140. The van der Waals surface area contributed by atoms with E-state index in [-0.39, 0.29) is 23.6 Å². The molecule has 3 heterocycles. The Morgan fingerprint density at radius 1 is 1.24 bits per heavy atom. The van der Waals surface area contributed by atoms with E-state index in [9.17, 15) is 19.5 Å². The number of H-pyrrole nitrogens is 1. The number of aryl methyl sites for hydroxylation is 1. The Balaban J connectivity index is 2.11. The minimum atomic E-state index is -0.719. The van der Waals surface area contributed by atoms with Crippen molar-refractivity contribution in [2.45, 2.75) is 40.7 Å². The van der Waals surface area contributed by atoms with E-state index in [1.54, 1.807) is 25.7 Å². The number of thiophene rings is 1. The molecule has 0 spiro atoms. The quantitative estimate of drug-likeness (QED) is 0.250. The fourth-order valence-corrected chi connectivity index (χ4v) is 5.13. The number of amides is 1. The monoisotopic (exact) mass is 473 g/mol. The maximum absolute atomic E-state index is 13.2. The summed E-state index contributed by atoms with van der Waals surface area (Å²) in [7, 11) is 0. The average molecular weight is 474 g/mol. The number of likely N-dealkylation sites (tertiary alicyclic amines) is 1. The molecule has 0 aromatic carbocycles. The van der Waals surface area contributed by atoms with Crippen molar-refractivity contribution in [3.05, 3.63) is 50.5 Å². The van der Waals surface area contributed by atoms with Crippen molar-refractivity contribution in [3.63, 3.8) is 0 Å². The van der Waals surface area contributed by atoms with E-state index in [0.717, 1.165) is 18.0 Å². The molecule has 1 atom stereocenters. The van der Waals surface area contributed by atoms with E-state index < -0.39 is 23.7 Å². The molecule has 0 saturated carbocycles. The zero-order chi connectivity index (χ0) is 24.3. The summed E-state index contributed by atoms with van der Waals surface area (Å²) in [6.07, 6.45) is 0. The number of ketones is 1. The minimum absolute atomic E-state index is 0.0441. The van der Waals surface area contributed by atoms with Crippen LogP contribution in [0.25, 0.3) is 5.76 Å². The number of hydrogen-bond donors (Lipinski definition) is 2. The van der Waals surface area contributed by atoms with Gasteiger partial charge in [-0.25, -0.2) is 4.79 Å². The number of likely N-dealkylation sites (N-methyl/N-ethyl adjacent to an activating group) is 1. The fourth-order valence-electron chi connectivity index (χ4n) is 4.29. The van der Waals surface area contributed by atoms with Crippen LogP contribution >= 0.6 is 11.3 Å². The van der Waals surface area contributed by atoms with Crippen LogP contribution in [0.1, 0.15) is 59.0 Å². The molecule has 2 aromatic rings. The van der Waals surface area contributed by atoms with Crippen LogP contribution in [-0.4, -0.2) is 70.3 Å². The summed E-state index contributed by atoms with van der Waals surface area (Å²) in [4.78, 5) is 46.0. The van der Waals surface area contributed by atoms with Crippen LogP contribution in [0.3, 0.4) is 0 Å². The second-order valence-electron chi connectivity index (χ2n) is 7.88. The largest absolute Gasteiger partial charge is 0.507 e. The summed E-state index contributed by atoms with van der Waals surface area (Å²) in [5, 5.41) is 13.2. The van der Waals surface area contributed by atoms with Gasteiger partial charge in [-0.15, -0.1) is 11.3 Å². The van der Waals surface area contributed by atoms with Crippen LogP contribution in [-0.2, 0) is 14.3 Å². The van der Waals surface area contributed by atoms with Crippen LogP contribution in [0.4, 0.5) is 0 Å². The molecule has 2 aromatic heterocycles. The summed E-state index contributed by atoms with van der Waals surface area (Å²) < 4.78 is 5.09. The van der Waals surface area contributed by atoms with Gasteiger partial charge in [0.05, 0.1) is 18.2 Å². The number of esters is 1. The topological polar surface area (TPSA) is 103 Å². The molecule has 1 fully saturated rings. The van der Waals surface area contributed by atoms with Gasteiger partial charge in [-0.2, -0.15) is 0 Å². The lowest BCUT2D eigenvalue weighted by Crippen LogP contribution is -2.37. The second kappa shape index (κ2) is 10.4. The van der Waals surface area contributed by atoms with Crippen molar-refractivity contribution in [2.75, 3.05) is 32.8 Å². The molecule has 8 nitrogen and oxygen atoms in total. The van der Waals surface area contributed by atoms with Crippen LogP contribution in [0, 0.1) is 13.8 Å². The molecule has 1 unspecified atom stereocenters. The van der Waals surface area contributed by atoms with Crippen molar-refractivity contribution in [1.82, 2.24) is 14.8 Å². The van der Waals surface area contributed by atoms with Crippen LogP contribution in [0.15, 0.2) is 23.1 Å². The van der Waals surface area contributed by atoms with Crippen molar-refractivity contribution in [3.8, 4) is 0 Å². The second-order valence-corrected chi connectivity index (χ2v) is 8.86. The van der Waals surface area contributed by atoms with Crippen LogP contribution in [0.2, 0.25) is 0 Å². The standard InChI is InChI=1S/C24H31N3O5S/c1-6-26(7-2)11-12-27-20(16-10-9-13-33-16)18(22(29)23(27)30)21(28)17-14(4)19(25-15(17)5)24(31)32-8-3/h9-10,13,20,25,28H,6-8,11-12H2,1-5H3. The molecule has 1 saturated heterocycles. The molecule has 1 amide bonds. The first kappa shape index (κ1) is 24.7. The Morgan fingerprint density at radius 2 is 1.94 bits per heavy atom. The van der Waals surface area contributed by atoms with Crippen molar-refractivity contribution in [2.24, 2.45) is 0 Å². The average Bonchev–Trinajstić information content (AvgIpc) is 3.48. The summed E-state index contributed by atoms with van der Waals surface area (Å²) in [6.45, 7) is 12.1. The number of nitrogens with one attached hydrogen (secondary N) is 1. The number of nitrogens with zero attached hydrogens (tertiary/aromatic N) is 2. The number of aliphatic hydroxyl groups is 1. The Hall–Kier alpha value is -2.91. The lowest BCUT2D eigenvalue weighted by atomic mass is 9.97. The normalized spacial score (nSPS) is 17.9. The first-order chi connectivity index (χ1) is 15.8. The van der Waals surface area contributed by atoms with Gasteiger partial charge in [0.25, 0.3) is 11.7 Å². The highest BCUT2D eigenvalue weighted by Gasteiger charge is 2.47. The number of carbonyl (C=O) groups is 3. The van der Waals surface area contributed by atoms with E-state index in [1.165, 1.54) is 11.3 Å². The van der Waals surface area contributed by atoms with Crippen LogP contribution in [0.5, 0.6) is 0 Å². The van der Waals surface area contributed by atoms with E-state index in [0.29, 0.717) is 29.9 Å². The highest BCUT2D eigenvalue weighted by atomic mass is 32.1. The first-order valence-corrected chi connectivity index (χ1v) is 12.0. The minimum Gasteiger partial charge on any atom is -0.507 e. The third kappa shape index (κ3) is 4.60. The lowest BCUT2D eigenvalue weighted by Gasteiger charge is -2.27. The SMILES string of the molecule is CCOC(=O)c1[nH]c(C)c(C(O)=C2C(=O)C(=O)N(CCN(CC)CC)C2c2cccs2)c1C. The maximum Gasteiger partial charge on any atom is 0.355 e. The summed E-state index contributed by atoms with van der Waals surface area (Å²) >= 11 is 1.43. The third-order valence-electron chi connectivity index (χ3n) is 6.06. The molecule has 1 aliphatic heterocycles. The Kier molecular flexibility index (Phi) is 7.76. The molecule has 178 valence electrons. The van der Waals surface area contributed by atoms with Crippen molar-refractivity contribution in [1.29, 1.82) is 0 Å². The van der Waals surface area contributed by atoms with Crippen molar-refractivity contribution < 1.29 is 24.2 Å². The van der Waals surface area contributed by atoms with Crippen LogP contribution < -0.4 is 0 Å². The molecule has 3 rings (SSSR count). The highest BCUT2D eigenvalue weighted by Crippen LogP contribution is 2.42. The molecule has 0 bridgehead atoms.